The predicted octanol–water partition coefficient (Wildman–Crippen LogP) is 4.94. The van der Waals surface area contributed by atoms with Crippen LogP contribution < -0.4 is 14.9 Å². The van der Waals surface area contributed by atoms with Crippen molar-refractivity contribution < 1.29 is 23.5 Å². The van der Waals surface area contributed by atoms with Gasteiger partial charge in [0, 0.05) is 6.08 Å². The number of esters is 1. The van der Waals surface area contributed by atoms with Crippen LogP contribution in [0.25, 0.3) is 6.08 Å². The lowest BCUT2D eigenvalue weighted by atomic mass is 9.99. The Labute approximate surface area is 192 Å². The molecule has 170 valence electrons. The van der Waals surface area contributed by atoms with E-state index in [2.05, 4.69) is 24.4 Å². The summed E-state index contributed by atoms with van der Waals surface area (Å²) in [7, 11) is 0. The summed E-state index contributed by atoms with van der Waals surface area (Å²) >= 11 is 0. The number of ether oxygens (including phenoxy) is 2. The highest BCUT2D eigenvalue weighted by atomic mass is 16.5. The number of carbonyl (C=O) groups excluding carboxylic acids is 2. The molecule has 7 nitrogen and oxygen atoms in total. The highest BCUT2D eigenvalue weighted by Gasteiger charge is 2.05. The minimum Gasteiger partial charge on any atom is -0.484 e. The fourth-order valence-electron chi connectivity index (χ4n) is 2.83. The molecule has 1 heterocycles. The van der Waals surface area contributed by atoms with Crippen LogP contribution in [-0.4, -0.2) is 24.7 Å². The van der Waals surface area contributed by atoms with Crippen LogP contribution in [0, 0.1) is 0 Å². The van der Waals surface area contributed by atoms with Crippen molar-refractivity contribution in [3.8, 4) is 11.5 Å². The predicted molar refractivity (Wildman–Crippen MR) is 126 cm³/mol. The number of nitrogens with one attached hydrogen (secondary N) is 1. The number of furan rings is 1. The summed E-state index contributed by atoms with van der Waals surface area (Å²) in [4.78, 5) is 23.9. The number of benzene rings is 2. The van der Waals surface area contributed by atoms with Gasteiger partial charge >= 0.3 is 5.97 Å². The number of hydrogen-bond donors (Lipinski definition) is 1. The van der Waals surface area contributed by atoms with Crippen LogP contribution in [0.4, 0.5) is 0 Å². The van der Waals surface area contributed by atoms with Crippen molar-refractivity contribution in [2.75, 3.05) is 6.61 Å². The summed E-state index contributed by atoms with van der Waals surface area (Å²) in [5.41, 5.74) is 4.30. The molecule has 0 fully saturated rings. The Morgan fingerprint density at radius 2 is 1.91 bits per heavy atom. The van der Waals surface area contributed by atoms with E-state index in [9.17, 15) is 9.59 Å². The molecule has 0 saturated carbocycles. The maximum atomic E-state index is 12.0. The molecule has 0 saturated heterocycles. The first-order chi connectivity index (χ1) is 16.0. The molecular formula is C26H26N2O5. The fourth-order valence-corrected chi connectivity index (χ4v) is 2.83. The summed E-state index contributed by atoms with van der Waals surface area (Å²) in [6.45, 7) is 4.16. The van der Waals surface area contributed by atoms with Crippen LogP contribution in [0.3, 0.4) is 0 Å². The van der Waals surface area contributed by atoms with Gasteiger partial charge in [0.15, 0.2) is 6.61 Å². The van der Waals surface area contributed by atoms with Crippen molar-refractivity contribution in [2.45, 2.75) is 26.2 Å². The van der Waals surface area contributed by atoms with E-state index in [-0.39, 0.29) is 12.5 Å². The highest BCUT2D eigenvalue weighted by molar-refractivity contribution is 5.89. The Bertz CT molecular complexity index is 1100. The van der Waals surface area contributed by atoms with Crippen molar-refractivity contribution in [1.29, 1.82) is 0 Å². The molecule has 33 heavy (non-hydrogen) atoms. The smallest absolute Gasteiger partial charge is 0.336 e. The maximum absolute atomic E-state index is 12.0. The molecule has 0 radical (unpaired) electrons. The van der Waals surface area contributed by atoms with Crippen LogP contribution in [0.5, 0.6) is 11.5 Å². The van der Waals surface area contributed by atoms with E-state index in [1.807, 2.05) is 24.3 Å². The molecule has 0 bridgehead atoms. The first-order valence-electron chi connectivity index (χ1n) is 10.6. The first-order valence-corrected chi connectivity index (χ1v) is 10.6. The van der Waals surface area contributed by atoms with E-state index in [0.29, 0.717) is 28.7 Å². The number of carbonyl (C=O) groups is 2. The Balaban J connectivity index is 1.45. The number of hydrazone groups is 1. The van der Waals surface area contributed by atoms with Gasteiger partial charge in [-0.25, -0.2) is 10.2 Å². The van der Waals surface area contributed by atoms with E-state index >= 15 is 0 Å². The Hall–Kier alpha value is -4.13. The lowest BCUT2D eigenvalue weighted by Gasteiger charge is -2.10. The first kappa shape index (κ1) is 23.5. The molecule has 1 aromatic heterocycles. The quantitative estimate of drug-likeness (QED) is 0.157. The van der Waals surface area contributed by atoms with Crippen molar-refractivity contribution in [3.63, 3.8) is 0 Å². The third kappa shape index (κ3) is 7.81. The molecule has 0 aliphatic rings. The van der Waals surface area contributed by atoms with Gasteiger partial charge in [-0.05, 0) is 65.9 Å². The number of amides is 1. The SMILES string of the molecule is CC[C@@H](C)c1ccc(OCC(=O)N/N=C\c2cccc(OC(=O)/C=C/c3ccco3)c2)cc1. The van der Waals surface area contributed by atoms with Gasteiger partial charge in [-0.1, -0.05) is 38.1 Å². The van der Waals surface area contributed by atoms with E-state index in [1.54, 1.807) is 36.4 Å². The summed E-state index contributed by atoms with van der Waals surface area (Å²) in [5, 5.41) is 3.92. The van der Waals surface area contributed by atoms with Gasteiger partial charge in [-0.3, -0.25) is 4.79 Å². The summed E-state index contributed by atoms with van der Waals surface area (Å²) in [6.07, 6.45) is 6.83. The lowest BCUT2D eigenvalue weighted by molar-refractivity contribution is -0.129. The van der Waals surface area contributed by atoms with Crippen LogP contribution in [0.15, 0.2) is 82.5 Å². The Morgan fingerprint density at radius 3 is 2.64 bits per heavy atom. The minimum atomic E-state index is -0.539. The van der Waals surface area contributed by atoms with Crippen LogP contribution in [0.1, 0.15) is 43.1 Å². The topological polar surface area (TPSA) is 90.1 Å². The van der Waals surface area contributed by atoms with Gasteiger partial charge in [-0.2, -0.15) is 5.10 Å². The second-order valence-corrected chi connectivity index (χ2v) is 7.30. The molecule has 1 amide bonds. The number of nitrogens with zero attached hydrogens (tertiary/aromatic N) is 1. The number of hydrogen-bond acceptors (Lipinski definition) is 6. The van der Waals surface area contributed by atoms with Gasteiger partial charge < -0.3 is 13.9 Å². The lowest BCUT2D eigenvalue weighted by Crippen LogP contribution is -2.24. The molecule has 3 rings (SSSR count). The molecule has 2 aromatic carbocycles. The summed E-state index contributed by atoms with van der Waals surface area (Å²) < 4.78 is 15.9. The molecule has 0 aliphatic heterocycles. The van der Waals surface area contributed by atoms with Crippen LogP contribution in [0.2, 0.25) is 0 Å². The second kappa shape index (κ2) is 12.0. The van der Waals surface area contributed by atoms with E-state index in [1.165, 1.54) is 30.2 Å². The summed E-state index contributed by atoms with van der Waals surface area (Å²) in [6, 6.07) is 17.9. The zero-order valence-electron chi connectivity index (χ0n) is 18.6. The normalized spacial score (nSPS) is 12.1. The van der Waals surface area contributed by atoms with E-state index < -0.39 is 5.97 Å². The van der Waals surface area contributed by atoms with Crippen molar-refractivity contribution in [2.24, 2.45) is 5.10 Å². The van der Waals surface area contributed by atoms with Gasteiger partial charge in [0.2, 0.25) is 0 Å². The number of rotatable bonds is 10. The van der Waals surface area contributed by atoms with Gasteiger partial charge in [0.05, 0.1) is 12.5 Å². The fraction of sp³-hybridized carbons (Fsp3) is 0.192. The van der Waals surface area contributed by atoms with Gasteiger partial charge in [-0.15, -0.1) is 0 Å². The van der Waals surface area contributed by atoms with E-state index in [4.69, 9.17) is 13.9 Å². The minimum absolute atomic E-state index is 0.153. The van der Waals surface area contributed by atoms with E-state index in [0.717, 1.165) is 6.42 Å². The molecular weight excluding hydrogens is 420 g/mol. The molecule has 1 atom stereocenters. The largest absolute Gasteiger partial charge is 0.484 e. The van der Waals surface area contributed by atoms with Gasteiger partial charge in [0.25, 0.3) is 5.91 Å². The molecule has 0 spiro atoms. The van der Waals surface area contributed by atoms with Crippen molar-refractivity contribution in [3.05, 3.63) is 89.9 Å². The molecule has 3 aromatic rings. The molecule has 0 unspecified atom stereocenters. The average Bonchev–Trinajstić information content (AvgIpc) is 3.35. The molecule has 7 heteroatoms. The van der Waals surface area contributed by atoms with Gasteiger partial charge in [0.1, 0.15) is 17.3 Å². The maximum Gasteiger partial charge on any atom is 0.336 e. The standard InChI is InChI=1S/C26H26N2O5/c1-3-19(2)21-9-11-23(12-10-21)32-18-25(29)28-27-17-20-6-4-7-24(16-20)33-26(30)14-13-22-8-5-15-31-22/h4-17,19H,3,18H2,1-2H3,(H,28,29)/b14-13+,27-17-/t19-/m1/s1. The van der Waals surface area contributed by atoms with Crippen LogP contribution >= 0.6 is 0 Å². The second-order valence-electron chi connectivity index (χ2n) is 7.30. The Morgan fingerprint density at radius 1 is 1.09 bits per heavy atom. The van der Waals surface area contributed by atoms with Crippen molar-refractivity contribution >= 4 is 24.2 Å². The van der Waals surface area contributed by atoms with Crippen molar-refractivity contribution in [1.82, 2.24) is 5.43 Å². The highest BCUT2D eigenvalue weighted by Crippen LogP contribution is 2.21. The Kier molecular flexibility index (Phi) is 8.59. The molecule has 1 N–H and O–H groups in total. The molecule has 0 aliphatic carbocycles. The average molecular weight is 447 g/mol. The third-order valence-corrected chi connectivity index (χ3v) is 4.84. The van der Waals surface area contributed by atoms with Crippen LogP contribution in [-0.2, 0) is 9.59 Å². The zero-order valence-corrected chi connectivity index (χ0v) is 18.6. The summed E-state index contributed by atoms with van der Waals surface area (Å²) in [5.74, 6) is 1.08. The third-order valence-electron chi connectivity index (χ3n) is 4.84. The zero-order chi connectivity index (χ0) is 23.5. The monoisotopic (exact) mass is 446 g/mol.